The predicted octanol–water partition coefficient (Wildman–Crippen LogP) is 4.14. The lowest BCUT2D eigenvalue weighted by Gasteiger charge is -2.41. The highest BCUT2D eigenvalue weighted by atomic mass is 19.1. The van der Waals surface area contributed by atoms with Crippen LogP contribution in [0.5, 0.6) is 11.5 Å². The number of hydrogen-bond donors (Lipinski definition) is 0. The number of methoxy groups -OCH3 is 2. The summed E-state index contributed by atoms with van der Waals surface area (Å²) < 4.78 is 24.4. The number of ether oxygens (including phenoxy) is 2. The summed E-state index contributed by atoms with van der Waals surface area (Å²) in [6.07, 6.45) is 3.69. The van der Waals surface area contributed by atoms with E-state index in [-0.39, 0.29) is 17.9 Å². The number of benzene rings is 2. The molecule has 1 aliphatic rings. The molecule has 4 nitrogen and oxygen atoms in total. The average Bonchev–Trinajstić information content (AvgIpc) is 2.69. The lowest BCUT2D eigenvalue weighted by atomic mass is 9.89. The smallest absolute Gasteiger partial charge is 0.137 e. The molecule has 26 heavy (non-hydrogen) atoms. The standard InChI is InChI=1S/C21H24FNO3/c1-25-19-7-4-8-20(26-2)21(19)18-6-3-5-17(14-24)23(18)13-15-9-11-16(22)12-10-15/h4,7-12,14,17-18H,3,5-6,13H2,1-2H3. The van der Waals surface area contributed by atoms with Gasteiger partial charge in [-0.2, -0.15) is 0 Å². The van der Waals surface area contributed by atoms with Gasteiger partial charge in [0.15, 0.2) is 0 Å². The molecular formula is C21H24FNO3. The van der Waals surface area contributed by atoms with Crippen molar-refractivity contribution in [2.45, 2.75) is 37.9 Å². The summed E-state index contributed by atoms with van der Waals surface area (Å²) >= 11 is 0. The molecule has 2 aromatic carbocycles. The molecule has 0 N–H and O–H groups in total. The van der Waals surface area contributed by atoms with E-state index >= 15 is 0 Å². The first-order chi connectivity index (χ1) is 12.7. The van der Waals surface area contributed by atoms with E-state index < -0.39 is 0 Å². The Morgan fingerprint density at radius 3 is 2.31 bits per heavy atom. The third-order valence-corrected chi connectivity index (χ3v) is 5.04. The second-order valence-electron chi connectivity index (χ2n) is 6.53. The number of carbonyl (C=O) groups is 1. The molecule has 1 aliphatic heterocycles. The van der Waals surface area contributed by atoms with E-state index in [0.29, 0.717) is 6.54 Å². The molecule has 2 aromatic rings. The molecule has 0 spiro atoms. The highest BCUT2D eigenvalue weighted by Crippen LogP contribution is 2.43. The van der Waals surface area contributed by atoms with E-state index in [9.17, 15) is 9.18 Å². The van der Waals surface area contributed by atoms with Crippen molar-refractivity contribution in [2.75, 3.05) is 14.2 Å². The summed E-state index contributed by atoms with van der Waals surface area (Å²) in [6.45, 7) is 0.565. The third kappa shape index (κ3) is 3.73. The zero-order valence-electron chi connectivity index (χ0n) is 15.2. The lowest BCUT2D eigenvalue weighted by molar-refractivity contribution is -0.115. The van der Waals surface area contributed by atoms with Crippen LogP contribution in [0.15, 0.2) is 42.5 Å². The fraction of sp³-hybridized carbons (Fsp3) is 0.381. The first-order valence-electron chi connectivity index (χ1n) is 8.84. The fourth-order valence-electron chi connectivity index (χ4n) is 3.78. The number of carbonyl (C=O) groups excluding carboxylic acids is 1. The van der Waals surface area contributed by atoms with Gasteiger partial charge in [0, 0.05) is 12.6 Å². The van der Waals surface area contributed by atoms with E-state index in [4.69, 9.17) is 9.47 Å². The van der Waals surface area contributed by atoms with E-state index in [0.717, 1.165) is 48.2 Å². The molecule has 0 radical (unpaired) electrons. The summed E-state index contributed by atoms with van der Waals surface area (Å²) in [5.41, 5.74) is 1.94. The van der Waals surface area contributed by atoms with Crippen molar-refractivity contribution in [3.8, 4) is 11.5 Å². The van der Waals surface area contributed by atoms with Crippen molar-refractivity contribution in [3.63, 3.8) is 0 Å². The maximum atomic E-state index is 13.2. The van der Waals surface area contributed by atoms with Crippen LogP contribution in [0.4, 0.5) is 4.39 Å². The Bertz CT molecular complexity index is 725. The average molecular weight is 357 g/mol. The van der Waals surface area contributed by atoms with Crippen LogP contribution < -0.4 is 9.47 Å². The monoisotopic (exact) mass is 357 g/mol. The molecule has 0 saturated carbocycles. The molecule has 1 fully saturated rings. The molecule has 2 unspecified atom stereocenters. The second-order valence-corrected chi connectivity index (χ2v) is 6.53. The van der Waals surface area contributed by atoms with Crippen LogP contribution in [0, 0.1) is 5.82 Å². The Labute approximate surface area is 153 Å². The van der Waals surface area contributed by atoms with Gasteiger partial charge in [-0.3, -0.25) is 4.90 Å². The molecule has 0 bridgehead atoms. The number of piperidine rings is 1. The topological polar surface area (TPSA) is 38.8 Å². The number of likely N-dealkylation sites (tertiary alicyclic amines) is 1. The van der Waals surface area contributed by atoms with Crippen molar-refractivity contribution in [3.05, 3.63) is 59.4 Å². The summed E-state index contributed by atoms with van der Waals surface area (Å²) in [4.78, 5) is 13.9. The van der Waals surface area contributed by atoms with Gasteiger partial charge in [0.2, 0.25) is 0 Å². The predicted molar refractivity (Wildman–Crippen MR) is 97.9 cm³/mol. The largest absolute Gasteiger partial charge is 0.496 e. The van der Waals surface area contributed by atoms with Gasteiger partial charge in [-0.15, -0.1) is 0 Å². The van der Waals surface area contributed by atoms with Crippen molar-refractivity contribution < 1.29 is 18.7 Å². The van der Waals surface area contributed by atoms with E-state index in [1.165, 1.54) is 12.1 Å². The van der Waals surface area contributed by atoms with Crippen LogP contribution in [0.1, 0.15) is 36.4 Å². The maximum Gasteiger partial charge on any atom is 0.137 e. The SMILES string of the molecule is COc1cccc(OC)c1C1CCCC(C=O)N1Cc1ccc(F)cc1. The van der Waals surface area contributed by atoms with E-state index in [2.05, 4.69) is 4.90 Å². The minimum Gasteiger partial charge on any atom is -0.496 e. The number of nitrogens with zero attached hydrogens (tertiary/aromatic N) is 1. The summed E-state index contributed by atoms with van der Waals surface area (Å²) in [5, 5.41) is 0. The van der Waals surface area contributed by atoms with Crippen LogP contribution in [-0.2, 0) is 11.3 Å². The first kappa shape index (κ1) is 18.4. The van der Waals surface area contributed by atoms with Gasteiger partial charge in [0.1, 0.15) is 23.6 Å². The molecule has 5 heteroatoms. The van der Waals surface area contributed by atoms with Crippen molar-refractivity contribution in [2.24, 2.45) is 0 Å². The van der Waals surface area contributed by atoms with Crippen LogP contribution >= 0.6 is 0 Å². The molecule has 3 rings (SSSR count). The van der Waals surface area contributed by atoms with Gasteiger partial charge in [-0.1, -0.05) is 18.2 Å². The van der Waals surface area contributed by atoms with Crippen LogP contribution in [0.2, 0.25) is 0 Å². The van der Waals surface area contributed by atoms with Gasteiger partial charge in [0.05, 0.1) is 25.8 Å². The van der Waals surface area contributed by atoms with Gasteiger partial charge >= 0.3 is 0 Å². The molecular weight excluding hydrogens is 333 g/mol. The normalized spacial score (nSPS) is 20.6. The lowest BCUT2D eigenvalue weighted by Crippen LogP contribution is -2.42. The minimum atomic E-state index is -0.262. The molecule has 138 valence electrons. The Morgan fingerprint density at radius 2 is 1.73 bits per heavy atom. The quantitative estimate of drug-likeness (QED) is 0.729. The molecule has 2 atom stereocenters. The Morgan fingerprint density at radius 1 is 1.08 bits per heavy atom. The summed E-state index contributed by atoms with van der Waals surface area (Å²) in [6, 6.07) is 12.0. The van der Waals surface area contributed by atoms with Crippen LogP contribution in [0.3, 0.4) is 0 Å². The highest BCUT2D eigenvalue weighted by molar-refractivity contribution is 5.58. The van der Waals surface area contributed by atoms with Gasteiger partial charge in [-0.25, -0.2) is 4.39 Å². The number of hydrogen-bond acceptors (Lipinski definition) is 4. The number of rotatable bonds is 6. The zero-order valence-corrected chi connectivity index (χ0v) is 15.2. The highest BCUT2D eigenvalue weighted by Gasteiger charge is 2.34. The first-order valence-corrected chi connectivity index (χ1v) is 8.84. The van der Waals surface area contributed by atoms with Crippen LogP contribution in [0.25, 0.3) is 0 Å². The number of halogens is 1. The summed E-state index contributed by atoms with van der Waals surface area (Å²) in [7, 11) is 3.28. The van der Waals surface area contributed by atoms with Gasteiger partial charge < -0.3 is 14.3 Å². The Hall–Kier alpha value is -2.40. The van der Waals surface area contributed by atoms with Gasteiger partial charge in [-0.05, 0) is 49.1 Å². The molecule has 0 aliphatic carbocycles. The molecule has 1 saturated heterocycles. The minimum absolute atomic E-state index is 0.00453. The molecule has 1 heterocycles. The molecule has 0 aromatic heterocycles. The van der Waals surface area contributed by atoms with Crippen molar-refractivity contribution in [1.82, 2.24) is 4.90 Å². The van der Waals surface area contributed by atoms with Crippen molar-refractivity contribution >= 4 is 6.29 Å². The Balaban J connectivity index is 2.00. The van der Waals surface area contributed by atoms with Crippen molar-refractivity contribution in [1.29, 1.82) is 0 Å². The van der Waals surface area contributed by atoms with E-state index in [1.54, 1.807) is 26.4 Å². The zero-order chi connectivity index (χ0) is 18.5. The third-order valence-electron chi connectivity index (χ3n) is 5.04. The number of aldehydes is 1. The van der Waals surface area contributed by atoms with Gasteiger partial charge in [0.25, 0.3) is 0 Å². The van der Waals surface area contributed by atoms with Crippen LogP contribution in [-0.4, -0.2) is 31.4 Å². The maximum absolute atomic E-state index is 13.2. The molecule has 0 amide bonds. The summed E-state index contributed by atoms with van der Waals surface area (Å²) in [5.74, 6) is 1.25. The Kier molecular flexibility index (Phi) is 5.89. The fourth-order valence-corrected chi connectivity index (χ4v) is 3.78. The van der Waals surface area contributed by atoms with E-state index in [1.807, 2.05) is 18.2 Å². The second kappa shape index (κ2) is 8.32.